The summed E-state index contributed by atoms with van der Waals surface area (Å²) in [7, 11) is 1.85. The van der Waals surface area contributed by atoms with Crippen LogP contribution in [0.2, 0.25) is 0 Å². The molecule has 0 aliphatic heterocycles. The topological polar surface area (TPSA) is 49.8 Å². The van der Waals surface area contributed by atoms with Crippen LogP contribution in [0.5, 0.6) is 0 Å². The summed E-state index contributed by atoms with van der Waals surface area (Å²) in [6.45, 7) is 2.74. The second-order valence-electron chi connectivity index (χ2n) is 3.93. The molecule has 0 atom stereocenters. The molecule has 2 rings (SSSR count). The Morgan fingerprint density at radius 2 is 1.78 bits per heavy atom. The molecule has 18 heavy (non-hydrogen) atoms. The molecule has 2 aromatic rings. The van der Waals surface area contributed by atoms with E-state index in [1.165, 1.54) is 5.56 Å². The Balaban J connectivity index is 2.08. The molecular formula is C13H15BrN4. The molecule has 4 nitrogen and oxygen atoms in total. The van der Waals surface area contributed by atoms with Gasteiger partial charge in [-0.05, 0) is 24.6 Å². The largest absolute Gasteiger partial charge is 0.373 e. The normalized spacial score (nSPS) is 10.2. The van der Waals surface area contributed by atoms with Gasteiger partial charge >= 0.3 is 0 Å². The maximum Gasteiger partial charge on any atom is 0.134 e. The smallest absolute Gasteiger partial charge is 0.134 e. The molecule has 94 valence electrons. The van der Waals surface area contributed by atoms with E-state index >= 15 is 0 Å². The van der Waals surface area contributed by atoms with Gasteiger partial charge in [0.25, 0.3) is 0 Å². The minimum absolute atomic E-state index is 0.744. The third kappa shape index (κ3) is 2.98. The minimum atomic E-state index is 0.744. The predicted molar refractivity (Wildman–Crippen MR) is 77.8 cm³/mol. The molecule has 0 aliphatic rings. The van der Waals surface area contributed by atoms with Crippen molar-refractivity contribution in [3.63, 3.8) is 0 Å². The van der Waals surface area contributed by atoms with Gasteiger partial charge in [-0.3, -0.25) is 0 Å². The monoisotopic (exact) mass is 306 g/mol. The van der Waals surface area contributed by atoms with Crippen LogP contribution in [0.3, 0.4) is 0 Å². The van der Waals surface area contributed by atoms with E-state index in [1.807, 2.05) is 26.1 Å². The number of anilines is 2. The summed E-state index contributed by atoms with van der Waals surface area (Å²) in [5.41, 5.74) is 2.24. The Kier molecular flexibility index (Phi) is 4.15. The van der Waals surface area contributed by atoms with E-state index < -0.39 is 0 Å². The number of rotatable bonds is 4. The molecule has 0 saturated heterocycles. The Hall–Kier alpha value is -1.62. The number of benzene rings is 1. The number of nitrogens with zero attached hydrogens (tertiary/aromatic N) is 2. The van der Waals surface area contributed by atoms with Gasteiger partial charge in [0.05, 0.1) is 0 Å². The van der Waals surface area contributed by atoms with Crippen molar-refractivity contribution in [1.29, 1.82) is 0 Å². The third-order valence-corrected chi connectivity index (χ3v) is 3.22. The van der Waals surface area contributed by atoms with Crippen molar-refractivity contribution in [2.45, 2.75) is 13.5 Å². The SMILES string of the molecule is CNc1ncnc(NCc2ccc(Br)cc2)c1C. The van der Waals surface area contributed by atoms with Crippen LogP contribution >= 0.6 is 15.9 Å². The third-order valence-electron chi connectivity index (χ3n) is 2.69. The van der Waals surface area contributed by atoms with Crippen LogP contribution in [-0.4, -0.2) is 17.0 Å². The van der Waals surface area contributed by atoms with Gasteiger partial charge in [0.1, 0.15) is 18.0 Å². The van der Waals surface area contributed by atoms with Crippen molar-refractivity contribution >= 4 is 27.6 Å². The Morgan fingerprint density at radius 1 is 1.11 bits per heavy atom. The summed E-state index contributed by atoms with van der Waals surface area (Å²) in [6.07, 6.45) is 1.56. The van der Waals surface area contributed by atoms with Crippen LogP contribution < -0.4 is 10.6 Å². The highest BCUT2D eigenvalue weighted by atomic mass is 79.9. The van der Waals surface area contributed by atoms with E-state index in [9.17, 15) is 0 Å². The number of hydrogen-bond acceptors (Lipinski definition) is 4. The predicted octanol–water partition coefficient (Wildman–Crippen LogP) is 3.20. The number of hydrogen-bond donors (Lipinski definition) is 2. The van der Waals surface area contributed by atoms with E-state index in [1.54, 1.807) is 6.33 Å². The zero-order valence-corrected chi connectivity index (χ0v) is 12.0. The highest BCUT2D eigenvalue weighted by molar-refractivity contribution is 9.10. The van der Waals surface area contributed by atoms with Crippen LogP contribution in [0.4, 0.5) is 11.6 Å². The molecule has 1 aromatic carbocycles. The number of nitrogens with one attached hydrogen (secondary N) is 2. The van der Waals surface area contributed by atoms with Crippen LogP contribution in [0.1, 0.15) is 11.1 Å². The van der Waals surface area contributed by atoms with Crippen molar-refractivity contribution in [1.82, 2.24) is 9.97 Å². The quantitative estimate of drug-likeness (QED) is 0.911. The Bertz CT molecular complexity index is 525. The number of halogens is 1. The maximum atomic E-state index is 4.25. The van der Waals surface area contributed by atoms with Crippen LogP contribution in [0.15, 0.2) is 35.1 Å². The van der Waals surface area contributed by atoms with E-state index in [-0.39, 0.29) is 0 Å². The molecule has 1 aromatic heterocycles. The van der Waals surface area contributed by atoms with Gasteiger partial charge in [-0.1, -0.05) is 28.1 Å². The molecular weight excluding hydrogens is 292 g/mol. The van der Waals surface area contributed by atoms with Crippen LogP contribution in [0, 0.1) is 6.92 Å². The van der Waals surface area contributed by atoms with Crippen molar-refractivity contribution in [2.75, 3.05) is 17.7 Å². The highest BCUT2D eigenvalue weighted by Crippen LogP contribution is 2.18. The van der Waals surface area contributed by atoms with Gasteiger partial charge in [-0.15, -0.1) is 0 Å². The average Bonchev–Trinajstić information content (AvgIpc) is 2.39. The first-order valence-corrected chi connectivity index (χ1v) is 6.47. The van der Waals surface area contributed by atoms with E-state index in [4.69, 9.17) is 0 Å². The van der Waals surface area contributed by atoms with E-state index in [0.717, 1.165) is 28.2 Å². The lowest BCUT2D eigenvalue weighted by Crippen LogP contribution is -2.06. The summed E-state index contributed by atoms with van der Waals surface area (Å²) in [5, 5.41) is 6.36. The fraction of sp³-hybridized carbons (Fsp3) is 0.231. The van der Waals surface area contributed by atoms with Gasteiger partial charge in [-0.25, -0.2) is 9.97 Å². The first-order valence-electron chi connectivity index (χ1n) is 5.68. The standard InChI is InChI=1S/C13H15BrN4/c1-9-12(15-2)17-8-18-13(9)16-7-10-3-5-11(14)6-4-10/h3-6,8H,7H2,1-2H3,(H2,15,16,17,18). The molecule has 0 saturated carbocycles. The summed E-state index contributed by atoms with van der Waals surface area (Å²) in [4.78, 5) is 8.40. The minimum Gasteiger partial charge on any atom is -0.373 e. The van der Waals surface area contributed by atoms with Gasteiger partial charge in [0, 0.05) is 23.6 Å². The molecule has 2 N–H and O–H groups in total. The first kappa shape index (κ1) is 12.8. The van der Waals surface area contributed by atoms with Crippen LogP contribution in [-0.2, 0) is 6.54 Å². The van der Waals surface area contributed by atoms with Gasteiger partial charge < -0.3 is 10.6 Å². The van der Waals surface area contributed by atoms with Crippen molar-refractivity contribution in [3.05, 3.63) is 46.2 Å². The second-order valence-corrected chi connectivity index (χ2v) is 4.84. The van der Waals surface area contributed by atoms with Crippen molar-refractivity contribution < 1.29 is 0 Å². The molecule has 0 amide bonds. The molecule has 0 radical (unpaired) electrons. The fourth-order valence-corrected chi connectivity index (χ4v) is 1.93. The maximum absolute atomic E-state index is 4.25. The summed E-state index contributed by atoms with van der Waals surface area (Å²) in [5.74, 6) is 1.71. The molecule has 5 heteroatoms. The zero-order valence-electron chi connectivity index (χ0n) is 10.4. The van der Waals surface area contributed by atoms with E-state index in [0.29, 0.717) is 0 Å². The summed E-state index contributed by atoms with van der Waals surface area (Å²) in [6, 6.07) is 8.21. The molecule has 0 spiro atoms. The lowest BCUT2D eigenvalue weighted by Gasteiger charge is -2.11. The Labute approximate surface area is 115 Å². The fourth-order valence-electron chi connectivity index (χ4n) is 1.67. The number of aromatic nitrogens is 2. The zero-order chi connectivity index (χ0) is 13.0. The lowest BCUT2D eigenvalue weighted by atomic mass is 10.2. The average molecular weight is 307 g/mol. The molecule has 0 fully saturated rings. The van der Waals surface area contributed by atoms with Gasteiger partial charge in [0.15, 0.2) is 0 Å². The molecule has 0 bridgehead atoms. The highest BCUT2D eigenvalue weighted by Gasteiger charge is 2.04. The molecule has 0 aliphatic carbocycles. The summed E-state index contributed by atoms with van der Waals surface area (Å²) >= 11 is 3.42. The lowest BCUT2D eigenvalue weighted by molar-refractivity contribution is 1.06. The van der Waals surface area contributed by atoms with E-state index in [2.05, 4.69) is 48.7 Å². The molecule has 0 unspecified atom stereocenters. The second kappa shape index (κ2) is 5.82. The summed E-state index contributed by atoms with van der Waals surface area (Å²) < 4.78 is 1.09. The first-order chi connectivity index (χ1) is 8.70. The van der Waals surface area contributed by atoms with Gasteiger partial charge in [0.2, 0.25) is 0 Å². The Morgan fingerprint density at radius 3 is 2.44 bits per heavy atom. The van der Waals surface area contributed by atoms with Gasteiger partial charge in [-0.2, -0.15) is 0 Å². The van der Waals surface area contributed by atoms with Crippen molar-refractivity contribution in [3.8, 4) is 0 Å². The van der Waals surface area contributed by atoms with Crippen LogP contribution in [0.25, 0.3) is 0 Å². The van der Waals surface area contributed by atoms with Crippen molar-refractivity contribution in [2.24, 2.45) is 0 Å². The molecule has 1 heterocycles.